The molecule has 0 aromatic heterocycles. The molecule has 0 bridgehead atoms. The summed E-state index contributed by atoms with van der Waals surface area (Å²) < 4.78 is 11.6. The third-order valence-electron chi connectivity index (χ3n) is 3.36. The molecule has 0 fully saturated rings. The van der Waals surface area contributed by atoms with E-state index in [0.717, 1.165) is 17.1 Å². The van der Waals surface area contributed by atoms with Crippen LogP contribution in [-0.2, 0) is 5.88 Å². The Kier molecular flexibility index (Phi) is 3.60. The van der Waals surface area contributed by atoms with Gasteiger partial charge in [0, 0.05) is 11.1 Å². The van der Waals surface area contributed by atoms with Gasteiger partial charge in [-0.1, -0.05) is 36.4 Å². The lowest BCUT2D eigenvalue weighted by atomic mass is 10.0. The minimum absolute atomic E-state index is 0.291. The average Bonchev–Trinajstić information content (AvgIpc) is 2.89. The molecule has 3 rings (SSSR count). The van der Waals surface area contributed by atoms with Gasteiger partial charge < -0.3 is 9.47 Å². The van der Waals surface area contributed by atoms with Gasteiger partial charge in [-0.2, -0.15) is 0 Å². The molecule has 1 unspecified atom stereocenters. The number of alkyl halides is 1. The second-order valence-corrected chi connectivity index (χ2v) is 4.87. The topological polar surface area (TPSA) is 18.5 Å². The fraction of sp³-hybridized carbons (Fsp3) is 0.250. The van der Waals surface area contributed by atoms with E-state index in [1.54, 1.807) is 0 Å². The van der Waals surface area contributed by atoms with Crippen LogP contribution in [0, 0.1) is 0 Å². The first-order chi connectivity index (χ1) is 9.38. The number of para-hydroxylation sites is 2. The maximum Gasteiger partial charge on any atom is 0.123 e. The molecule has 0 N–H and O–H groups in total. The molecule has 1 aliphatic heterocycles. The molecule has 0 radical (unpaired) electrons. The fourth-order valence-electron chi connectivity index (χ4n) is 2.31. The Bertz CT molecular complexity index is 568. The van der Waals surface area contributed by atoms with Crippen molar-refractivity contribution in [1.29, 1.82) is 0 Å². The lowest BCUT2D eigenvalue weighted by Crippen LogP contribution is -2.12. The highest BCUT2D eigenvalue weighted by molar-refractivity contribution is 6.17. The number of benzene rings is 2. The SMILES string of the molecule is ClCc1ccccc1OCC1COc2ccccc21. The van der Waals surface area contributed by atoms with Gasteiger partial charge in [0.2, 0.25) is 0 Å². The van der Waals surface area contributed by atoms with Gasteiger partial charge in [0.1, 0.15) is 11.5 Å². The van der Waals surface area contributed by atoms with Crippen LogP contribution in [0.5, 0.6) is 11.5 Å². The Balaban J connectivity index is 1.71. The van der Waals surface area contributed by atoms with Crippen LogP contribution >= 0.6 is 11.6 Å². The van der Waals surface area contributed by atoms with E-state index in [1.807, 2.05) is 42.5 Å². The van der Waals surface area contributed by atoms with Gasteiger partial charge in [0.15, 0.2) is 0 Å². The van der Waals surface area contributed by atoms with Gasteiger partial charge in [0.05, 0.1) is 25.0 Å². The van der Waals surface area contributed by atoms with E-state index in [1.165, 1.54) is 5.56 Å². The standard InChI is InChI=1S/C16H15ClO2/c17-9-12-5-1-3-7-15(12)18-10-13-11-19-16-8-4-2-6-14(13)16/h1-8,13H,9-11H2. The van der Waals surface area contributed by atoms with Crippen LogP contribution in [0.3, 0.4) is 0 Å². The highest BCUT2D eigenvalue weighted by atomic mass is 35.5. The summed E-state index contributed by atoms with van der Waals surface area (Å²) in [5.41, 5.74) is 2.25. The van der Waals surface area contributed by atoms with Gasteiger partial charge in [-0.15, -0.1) is 11.6 Å². The number of fused-ring (bicyclic) bond motifs is 1. The number of halogens is 1. The van der Waals surface area contributed by atoms with Crippen LogP contribution in [0.25, 0.3) is 0 Å². The highest BCUT2D eigenvalue weighted by Crippen LogP contribution is 2.34. The van der Waals surface area contributed by atoms with E-state index in [2.05, 4.69) is 6.07 Å². The van der Waals surface area contributed by atoms with E-state index in [0.29, 0.717) is 25.0 Å². The number of hydrogen-bond acceptors (Lipinski definition) is 2. The summed E-state index contributed by atoms with van der Waals surface area (Å²) in [6.07, 6.45) is 0. The average molecular weight is 275 g/mol. The summed E-state index contributed by atoms with van der Waals surface area (Å²) >= 11 is 5.90. The molecule has 2 aromatic rings. The lowest BCUT2D eigenvalue weighted by molar-refractivity contribution is 0.247. The molecule has 0 saturated heterocycles. The Morgan fingerprint density at radius 1 is 1.11 bits per heavy atom. The van der Waals surface area contributed by atoms with Crippen LogP contribution in [0.2, 0.25) is 0 Å². The maximum absolute atomic E-state index is 5.90. The molecular formula is C16H15ClO2. The fourth-order valence-corrected chi connectivity index (χ4v) is 2.53. The second-order valence-electron chi connectivity index (χ2n) is 4.60. The Hall–Kier alpha value is -1.67. The first-order valence-corrected chi connectivity index (χ1v) is 6.90. The molecule has 0 aliphatic carbocycles. The molecule has 1 aliphatic rings. The van der Waals surface area contributed by atoms with E-state index in [9.17, 15) is 0 Å². The number of rotatable bonds is 4. The van der Waals surface area contributed by atoms with Gasteiger partial charge in [-0.3, -0.25) is 0 Å². The first-order valence-electron chi connectivity index (χ1n) is 6.37. The zero-order valence-electron chi connectivity index (χ0n) is 10.5. The van der Waals surface area contributed by atoms with Gasteiger partial charge in [-0.05, 0) is 12.1 Å². The predicted octanol–water partition coefficient (Wildman–Crippen LogP) is 3.98. The molecule has 19 heavy (non-hydrogen) atoms. The van der Waals surface area contributed by atoms with Crippen molar-refractivity contribution in [2.24, 2.45) is 0 Å². The Morgan fingerprint density at radius 3 is 2.79 bits per heavy atom. The van der Waals surface area contributed by atoms with E-state index in [4.69, 9.17) is 21.1 Å². The minimum atomic E-state index is 0.291. The van der Waals surface area contributed by atoms with E-state index >= 15 is 0 Å². The monoisotopic (exact) mass is 274 g/mol. The predicted molar refractivity (Wildman–Crippen MR) is 76.2 cm³/mol. The van der Waals surface area contributed by atoms with Crippen molar-refractivity contribution in [1.82, 2.24) is 0 Å². The quantitative estimate of drug-likeness (QED) is 0.785. The Labute approximate surface area is 117 Å². The van der Waals surface area contributed by atoms with Crippen molar-refractivity contribution in [3.63, 3.8) is 0 Å². The van der Waals surface area contributed by atoms with Gasteiger partial charge >= 0.3 is 0 Å². The van der Waals surface area contributed by atoms with Crippen molar-refractivity contribution in [2.75, 3.05) is 13.2 Å². The van der Waals surface area contributed by atoms with E-state index < -0.39 is 0 Å². The van der Waals surface area contributed by atoms with Crippen molar-refractivity contribution in [3.05, 3.63) is 59.7 Å². The van der Waals surface area contributed by atoms with Crippen LogP contribution in [0.15, 0.2) is 48.5 Å². The molecule has 1 heterocycles. The second kappa shape index (κ2) is 5.54. The summed E-state index contributed by atoms with van der Waals surface area (Å²) in [4.78, 5) is 0. The Morgan fingerprint density at radius 2 is 1.89 bits per heavy atom. The first kappa shape index (κ1) is 12.4. The molecule has 2 nitrogen and oxygen atoms in total. The molecule has 98 valence electrons. The summed E-state index contributed by atoms with van der Waals surface area (Å²) in [7, 11) is 0. The largest absolute Gasteiger partial charge is 0.493 e. The van der Waals surface area contributed by atoms with E-state index in [-0.39, 0.29) is 0 Å². The molecule has 0 saturated carbocycles. The van der Waals surface area contributed by atoms with Crippen LogP contribution in [0.4, 0.5) is 0 Å². The van der Waals surface area contributed by atoms with Crippen LogP contribution in [-0.4, -0.2) is 13.2 Å². The molecule has 2 aromatic carbocycles. The van der Waals surface area contributed by atoms with Crippen molar-refractivity contribution in [2.45, 2.75) is 11.8 Å². The molecule has 3 heteroatoms. The lowest BCUT2D eigenvalue weighted by Gasteiger charge is -2.13. The maximum atomic E-state index is 5.90. The number of ether oxygens (including phenoxy) is 2. The normalized spacial score (nSPS) is 16.8. The smallest absolute Gasteiger partial charge is 0.123 e. The van der Waals surface area contributed by atoms with Gasteiger partial charge in [-0.25, -0.2) is 0 Å². The van der Waals surface area contributed by atoms with Crippen molar-refractivity contribution >= 4 is 11.6 Å². The van der Waals surface area contributed by atoms with Crippen LogP contribution < -0.4 is 9.47 Å². The molecule has 0 amide bonds. The van der Waals surface area contributed by atoms with Crippen LogP contribution in [0.1, 0.15) is 17.0 Å². The number of hydrogen-bond donors (Lipinski definition) is 0. The minimum Gasteiger partial charge on any atom is -0.493 e. The third kappa shape index (κ3) is 2.54. The molecule has 1 atom stereocenters. The summed E-state index contributed by atoms with van der Waals surface area (Å²) in [5.74, 6) is 2.59. The van der Waals surface area contributed by atoms with Gasteiger partial charge in [0.25, 0.3) is 0 Å². The summed E-state index contributed by atoms with van der Waals surface area (Å²) in [5, 5.41) is 0. The molecule has 0 spiro atoms. The highest BCUT2D eigenvalue weighted by Gasteiger charge is 2.24. The molecular weight excluding hydrogens is 260 g/mol. The van der Waals surface area contributed by atoms with Crippen molar-refractivity contribution in [3.8, 4) is 11.5 Å². The zero-order chi connectivity index (χ0) is 13.1. The summed E-state index contributed by atoms with van der Waals surface area (Å²) in [6.45, 7) is 1.30. The van der Waals surface area contributed by atoms with Crippen molar-refractivity contribution < 1.29 is 9.47 Å². The summed E-state index contributed by atoms with van der Waals surface area (Å²) in [6, 6.07) is 16.0. The zero-order valence-corrected chi connectivity index (χ0v) is 11.3. The third-order valence-corrected chi connectivity index (χ3v) is 3.64.